The number of hydrogen-bond donors (Lipinski definition) is 1. The Hall–Kier alpha value is -2.66. The van der Waals surface area contributed by atoms with Crippen LogP contribution in [-0.4, -0.2) is 58.2 Å². The summed E-state index contributed by atoms with van der Waals surface area (Å²) >= 11 is 1.45. The molecule has 0 amide bonds. The van der Waals surface area contributed by atoms with Gasteiger partial charge in [-0.25, -0.2) is 13.4 Å². The fourth-order valence-electron chi connectivity index (χ4n) is 3.92. The van der Waals surface area contributed by atoms with Crippen molar-refractivity contribution in [1.82, 2.24) is 9.29 Å². The number of ether oxygens (including phenoxy) is 3. The lowest BCUT2D eigenvalue weighted by molar-refractivity contribution is 0.149. The number of thiazole rings is 1. The van der Waals surface area contributed by atoms with Crippen molar-refractivity contribution in [2.24, 2.45) is 0 Å². The Morgan fingerprint density at radius 3 is 2.61 bits per heavy atom. The molecule has 1 saturated heterocycles. The average Bonchev–Trinajstić information content (AvgIpc) is 3.49. The number of nitrogens with zero attached hydrogens (tertiary/aromatic N) is 2. The minimum Gasteiger partial charge on any atom is -0.497 e. The summed E-state index contributed by atoms with van der Waals surface area (Å²) in [6, 6.07) is 12.2. The molecule has 2 heterocycles. The topological polar surface area (TPSA) is 90.0 Å². The normalized spacial score (nSPS) is 16.6. The summed E-state index contributed by atoms with van der Waals surface area (Å²) in [7, 11) is 1.27. The third-order valence-electron chi connectivity index (χ3n) is 5.58. The summed E-state index contributed by atoms with van der Waals surface area (Å²) in [6.45, 7) is 0.926. The third kappa shape index (κ3) is 4.98. The molecule has 0 saturated carbocycles. The molecule has 33 heavy (non-hydrogen) atoms. The van der Waals surface area contributed by atoms with Crippen LogP contribution in [0.3, 0.4) is 0 Å². The molecule has 1 aliphatic rings. The van der Waals surface area contributed by atoms with E-state index in [1.54, 1.807) is 49.9 Å². The smallest absolute Gasteiger partial charge is 0.243 e. The van der Waals surface area contributed by atoms with Crippen LogP contribution < -0.4 is 14.8 Å². The number of anilines is 2. The molecule has 4 rings (SSSR count). The Bertz CT molecular complexity index is 1200. The SMILES string of the molecule is COCC1CCCN1S(=O)(=O)c1ccc(Nc2nc(-c3cc(OC)ccc3OC)cs2)cc1. The molecule has 0 aliphatic carbocycles. The first-order valence-corrected chi connectivity index (χ1v) is 12.8. The van der Waals surface area contributed by atoms with Crippen molar-refractivity contribution < 1.29 is 22.6 Å². The van der Waals surface area contributed by atoms with E-state index in [4.69, 9.17) is 14.2 Å². The van der Waals surface area contributed by atoms with Crippen LogP contribution in [0, 0.1) is 0 Å². The number of rotatable bonds is 9. The molecule has 1 aliphatic heterocycles. The summed E-state index contributed by atoms with van der Waals surface area (Å²) in [5.41, 5.74) is 2.34. The number of benzene rings is 2. The van der Waals surface area contributed by atoms with E-state index in [0.29, 0.717) is 24.0 Å². The Labute approximate surface area is 198 Å². The number of methoxy groups -OCH3 is 3. The van der Waals surface area contributed by atoms with Crippen LogP contribution in [0.5, 0.6) is 11.5 Å². The minimum atomic E-state index is -3.56. The first-order chi connectivity index (χ1) is 16.0. The van der Waals surface area contributed by atoms with Crippen molar-refractivity contribution in [3.8, 4) is 22.8 Å². The highest BCUT2D eigenvalue weighted by Gasteiger charge is 2.35. The zero-order valence-corrected chi connectivity index (χ0v) is 20.4. The second-order valence-corrected chi connectivity index (χ2v) is 10.4. The van der Waals surface area contributed by atoms with E-state index < -0.39 is 10.0 Å². The molecule has 1 aromatic heterocycles. The molecule has 3 aromatic rings. The van der Waals surface area contributed by atoms with Crippen LogP contribution in [0.25, 0.3) is 11.3 Å². The fourth-order valence-corrected chi connectivity index (χ4v) is 6.33. The molecular weight excluding hydrogens is 462 g/mol. The van der Waals surface area contributed by atoms with E-state index in [0.717, 1.165) is 35.5 Å². The summed E-state index contributed by atoms with van der Waals surface area (Å²) in [5, 5.41) is 5.86. The molecular formula is C23H27N3O5S2. The highest BCUT2D eigenvalue weighted by Crippen LogP contribution is 2.36. The van der Waals surface area contributed by atoms with E-state index >= 15 is 0 Å². The summed E-state index contributed by atoms with van der Waals surface area (Å²) < 4.78 is 43.7. The lowest BCUT2D eigenvalue weighted by Crippen LogP contribution is -2.38. The van der Waals surface area contributed by atoms with Gasteiger partial charge in [0.15, 0.2) is 5.13 Å². The monoisotopic (exact) mass is 489 g/mol. The van der Waals surface area contributed by atoms with E-state index in [1.165, 1.54) is 11.3 Å². The van der Waals surface area contributed by atoms with Gasteiger partial charge in [-0.2, -0.15) is 4.31 Å². The largest absolute Gasteiger partial charge is 0.497 e. The van der Waals surface area contributed by atoms with E-state index in [2.05, 4.69) is 10.3 Å². The van der Waals surface area contributed by atoms with Crippen molar-refractivity contribution in [1.29, 1.82) is 0 Å². The standard InChI is InChI=1S/C23H27N3O5S2/c1-29-14-17-5-4-12-26(17)33(27,28)19-9-6-16(7-10-19)24-23-25-21(15-32-23)20-13-18(30-2)8-11-22(20)31-3/h6-11,13,15,17H,4-5,12,14H2,1-3H3,(H,24,25). The maximum Gasteiger partial charge on any atom is 0.243 e. The average molecular weight is 490 g/mol. The van der Waals surface area contributed by atoms with Crippen LogP contribution in [-0.2, 0) is 14.8 Å². The molecule has 10 heteroatoms. The second kappa shape index (κ2) is 10.1. The lowest BCUT2D eigenvalue weighted by Gasteiger charge is -2.23. The Kier molecular flexibility index (Phi) is 7.18. The van der Waals surface area contributed by atoms with Crippen molar-refractivity contribution in [2.45, 2.75) is 23.8 Å². The van der Waals surface area contributed by atoms with Gasteiger partial charge in [0.05, 0.1) is 31.4 Å². The van der Waals surface area contributed by atoms with Gasteiger partial charge < -0.3 is 19.5 Å². The van der Waals surface area contributed by atoms with Gasteiger partial charge in [-0.3, -0.25) is 0 Å². The fraction of sp³-hybridized carbons (Fsp3) is 0.348. The Balaban J connectivity index is 1.50. The number of sulfonamides is 1. The molecule has 176 valence electrons. The third-order valence-corrected chi connectivity index (χ3v) is 8.30. The summed E-state index contributed by atoms with van der Waals surface area (Å²) in [5.74, 6) is 1.42. The molecule has 1 fully saturated rings. The molecule has 0 spiro atoms. The van der Waals surface area contributed by atoms with Crippen LogP contribution in [0.1, 0.15) is 12.8 Å². The molecule has 0 bridgehead atoms. The molecule has 1 atom stereocenters. The summed E-state index contributed by atoms with van der Waals surface area (Å²) in [4.78, 5) is 4.93. The van der Waals surface area contributed by atoms with Crippen molar-refractivity contribution in [2.75, 3.05) is 39.8 Å². The van der Waals surface area contributed by atoms with Gasteiger partial charge >= 0.3 is 0 Å². The summed E-state index contributed by atoms with van der Waals surface area (Å²) in [6.07, 6.45) is 1.66. The highest BCUT2D eigenvalue weighted by molar-refractivity contribution is 7.89. The maximum absolute atomic E-state index is 13.1. The maximum atomic E-state index is 13.1. The van der Waals surface area contributed by atoms with E-state index in [9.17, 15) is 8.42 Å². The highest BCUT2D eigenvalue weighted by atomic mass is 32.2. The van der Waals surface area contributed by atoms with Crippen molar-refractivity contribution in [3.05, 3.63) is 47.8 Å². The zero-order chi connectivity index (χ0) is 23.4. The predicted octanol–water partition coefficient (Wildman–Crippen LogP) is 4.37. The number of hydrogen-bond acceptors (Lipinski definition) is 8. The molecule has 2 aromatic carbocycles. The van der Waals surface area contributed by atoms with Crippen molar-refractivity contribution >= 4 is 32.2 Å². The van der Waals surface area contributed by atoms with Gasteiger partial charge in [0, 0.05) is 36.3 Å². The molecule has 8 nitrogen and oxygen atoms in total. The minimum absolute atomic E-state index is 0.111. The van der Waals surface area contributed by atoms with Crippen molar-refractivity contribution in [3.63, 3.8) is 0 Å². The Morgan fingerprint density at radius 1 is 1.12 bits per heavy atom. The number of nitrogens with one attached hydrogen (secondary N) is 1. The van der Waals surface area contributed by atoms with Gasteiger partial charge in [0.25, 0.3) is 0 Å². The van der Waals surface area contributed by atoms with E-state index in [1.807, 2.05) is 23.6 Å². The first kappa shape index (κ1) is 23.5. The Morgan fingerprint density at radius 2 is 1.91 bits per heavy atom. The molecule has 0 radical (unpaired) electrons. The molecule has 1 N–H and O–H groups in total. The van der Waals surface area contributed by atoms with Crippen LogP contribution in [0.15, 0.2) is 52.7 Å². The van der Waals surface area contributed by atoms with Gasteiger partial charge in [0.1, 0.15) is 11.5 Å². The number of aromatic nitrogens is 1. The van der Waals surface area contributed by atoms with Gasteiger partial charge in [-0.05, 0) is 55.3 Å². The van der Waals surface area contributed by atoms with Crippen LogP contribution in [0.4, 0.5) is 10.8 Å². The van der Waals surface area contributed by atoms with Crippen LogP contribution in [0.2, 0.25) is 0 Å². The van der Waals surface area contributed by atoms with Gasteiger partial charge in [0.2, 0.25) is 10.0 Å². The van der Waals surface area contributed by atoms with Gasteiger partial charge in [-0.15, -0.1) is 11.3 Å². The lowest BCUT2D eigenvalue weighted by atomic mass is 10.1. The van der Waals surface area contributed by atoms with E-state index in [-0.39, 0.29) is 10.9 Å². The quantitative estimate of drug-likeness (QED) is 0.477. The molecule has 1 unspecified atom stereocenters. The predicted molar refractivity (Wildman–Crippen MR) is 129 cm³/mol. The van der Waals surface area contributed by atoms with Gasteiger partial charge in [-0.1, -0.05) is 0 Å². The first-order valence-electron chi connectivity index (χ1n) is 10.5. The second-order valence-electron chi connectivity index (χ2n) is 7.62. The zero-order valence-electron chi connectivity index (χ0n) is 18.8. The van der Waals surface area contributed by atoms with Crippen LogP contribution >= 0.6 is 11.3 Å².